The summed E-state index contributed by atoms with van der Waals surface area (Å²) in [5.41, 5.74) is 1.92. The molecule has 0 N–H and O–H groups in total. The number of anilines is 1. The van der Waals surface area contributed by atoms with Crippen LogP contribution in [0.25, 0.3) is 0 Å². The SMILES string of the molecule is Cc1cnc(C)c(N2CCCC(Oc3cccnc3)C2)n1. The van der Waals surface area contributed by atoms with E-state index in [4.69, 9.17) is 4.74 Å². The van der Waals surface area contributed by atoms with Gasteiger partial charge in [-0.1, -0.05) is 0 Å². The van der Waals surface area contributed by atoms with E-state index in [0.29, 0.717) is 0 Å². The lowest BCUT2D eigenvalue weighted by molar-refractivity contribution is 0.178. The average Bonchev–Trinajstić information content (AvgIpc) is 2.51. The van der Waals surface area contributed by atoms with Crippen LogP contribution in [-0.2, 0) is 0 Å². The Morgan fingerprint density at radius 1 is 1.29 bits per heavy atom. The predicted octanol–water partition coefficient (Wildman–Crippen LogP) is 2.54. The molecule has 0 bridgehead atoms. The van der Waals surface area contributed by atoms with E-state index in [2.05, 4.69) is 19.9 Å². The smallest absolute Gasteiger partial charge is 0.150 e. The lowest BCUT2D eigenvalue weighted by Crippen LogP contribution is -2.42. The maximum absolute atomic E-state index is 6.02. The molecule has 5 heteroatoms. The fourth-order valence-electron chi connectivity index (χ4n) is 2.66. The molecule has 1 unspecified atom stereocenters. The lowest BCUT2D eigenvalue weighted by atomic mass is 10.1. The predicted molar refractivity (Wildman–Crippen MR) is 81.6 cm³/mol. The van der Waals surface area contributed by atoms with Crippen LogP contribution in [0.4, 0.5) is 5.82 Å². The standard InChI is InChI=1S/C16H20N4O/c1-12-9-18-13(2)16(19-12)20-8-4-6-15(11-20)21-14-5-3-7-17-10-14/h3,5,7,9-10,15H,4,6,8,11H2,1-2H3. The van der Waals surface area contributed by atoms with Crippen LogP contribution in [0, 0.1) is 13.8 Å². The summed E-state index contributed by atoms with van der Waals surface area (Å²) in [5, 5.41) is 0. The van der Waals surface area contributed by atoms with Gasteiger partial charge in [0, 0.05) is 18.9 Å². The van der Waals surface area contributed by atoms with Gasteiger partial charge >= 0.3 is 0 Å². The first-order chi connectivity index (χ1) is 10.2. The van der Waals surface area contributed by atoms with Crippen molar-refractivity contribution in [3.05, 3.63) is 42.1 Å². The van der Waals surface area contributed by atoms with E-state index in [-0.39, 0.29) is 6.10 Å². The van der Waals surface area contributed by atoms with Crippen molar-refractivity contribution in [2.45, 2.75) is 32.8 Å². The minimum Gasteiger partial charge on any atom is -0.487 e. The summed E-state index contributed by atoms with van der Waals surface area (Å²) < 4.78 is 6.02. The van der Waals surface area contributed by atoms with E-state index in [9.17, 15) is 0 Å². The van der Waals surface area contributed by atoms with Crippen molar-refractivity contribution < 1.29 is 4.74 Å². The Hall–Kier alpha value is -2.17. The van der Waals surface area contributed by atoms with Crippen LogP contribution in [0.5, 0.6) is 5.75 Å². The van der Waals surface area contributed by atoms with Crippen LogP contribution in [0.3, 0.4) is 0 Å². The first-order valence-corrected chi connectivity index (χ1v) is 7.34. The van der Waals surface area contributed by atoms with E-state index in [1.807, 2.05) is 32.2 Å². The third kappa shape index (κ3) is 3.29. The number of piperidine rings is 1. The molecule has 0 saturated carbocycles. The van der Waals surface area contributed by atoms with Crippen LogP contribution in [0.15, 0.2) is 30.7 Å². The molecule has 2 aromatic heterocycles. The Kier molecular flexibility index (Phi) is 3.99. The molecule has 1 aliphatic rings. The Morgan fingerprint density at radius 3 is 3.00 bits per heavy atom. The minimum atomic E-state index is 0.171. The quantitative estimate of drug-likeness (QED) is 0.867. The second-order valence-electron chi connectivity index (χ2n) is 5.44. The average molecular weight is 284 g/mol. The summed E-state index contributed by atoms with van der Waals surface area (Å²) >= 11 is 0. The number of aromatic nitrogens is 3. The Balaban J connectivity index is 1.72. The second kappa shape index (κ2) is 6.08. The first kappa shape index (κ1) is 13.8. The minimum absolute atomic E-state index is 0.171. The highest BCUT2D eigenvalue weighted by Crippen LogP contribution is 2.23. The van der Waals surface area contributed by atoms with Gasteiger partial charge in [0.25, 0.3) is 0 Å². The van der Waals surface area contributed by atoms with Crippen LogP contribution in [0.2, 0.25) is 0 Å². The van der Waals surface area contributed by atoms with Crippen molar-refractivity contribution in [1.29, 1.82) is 0 Å². The Morgan fingerprint density at radius 2 is 2.19 bits per heavy atom. The van der Waals surface area contributed by atoms with Gasteiger partial charge in [-0.2, -0.15) is 0 Å². The zero-order valence-corrected chi connectivity index (χ0v) is 12.5. The van der Waals surface area contributed by atoms with Crippen molar-refractivity contribution in [2.24, 2.45) is 0 Å². The van der Waals surface area contributed by atoms with Crippen molar-refractivity contribution in [3.8, 4) is 5.75 Å². The van der Waals surface area contributed by atoms with E-state index in [0.717, 1.165) is 48.9 Å². The number of hydrogen-bond acceptors (Lipinski definition) is 5. The molecule has 0 spiro atoms. The van der Waals surface area contributed by atoms with Crippen molar-refractivity contribution >= 4 is 5.82 Å². The summed E-state index contributed by atoms with van der Waals surface area (Å²) in [6, 6.07) is 3.84. The maximum Gasteiger partial charge on any atom is 0.150 e. The van der Waals surface area contributed by atoms with Crippen LogP contribution >= 0.6 is 0 Å². The molecule has 5 nitrogen and oxygen atoms in total. The second-order valence-corrected chi connectivity index (χ2v) is 5.44. The number of ether oxygens (including phenoxy) is 1. The van der Waals surface area contributed by atoms with Gasteiger partial charge in [0.2, 0.25) is 0 Å². The van der Waals surface area contributed by atoms with E-state index >= 15 is 0 Å². The molecule has 3 rings (SSSR count). The van der Waals surface area contributed by atoms with E-state index in [1.165, 1.54) is 0 Å². The highest BCUT2D eigenvalue weighted by Gasteiger charge is 2.23. The molecule has 3 heterocycles. The lowest BCUT2D eigenvalue weighted by Gasteiger charge is -2.34. The molecule has 2 aromatic rings. The highest BCUT2D eigenvalue weighted by molar-refractivity contribution is 5.43. The molecule has 1 fully saturated rings. The molecule has 0 aliphatic carbocycles. The Labute approximate surface area is 125 Å². The molecule has 0 aromatic carbocycles. The van der Waals surface area contributed by atoms with Gasteiger partial charge in [0.15, 0.2) is 0 Å². The van der Waals surface area contributed by atoms with Gasteiger partial charge in [-0.3, -0.25) is 9.97 Å². The monoisotopic (exact) mass is 284 g/mol. The summed E-state index contributed by atoms with van der Waals surface area (Å²) in [6.45, 7) is 5.83. The summed E-state index contributed by atoms with van der Waals surface area (Å²) in [7, 11) is 0. The molecule has 1 saturated heterocycles. The molecule has 1 atom stereocenters. The third-order valence-electron chi connectivity index (χ3n) is 3.67. The van der Waals surface area contributed by atoms with Crippen molar-refractivity contribution in [2.75, 3.05) is 18.0 Å². The summed E-state index contributed by atoms with van der Waals surface area (Å²) in [5.74, 6) is 1.81. The molecule has 110 valence electrons. The summed E-state index contributed by atoms with van der Waals surface area (Å²) in [4.78, 5) is 15.4. The normalized spacial score (nSPS) is 18.6. The molecule has 0 radical (unpaired) electrons. The zero-order valence-electron chi connectivity index (χ0n) is 12.5. The Bertz CT molecular complexity index is 602. The fourth-order valence-corrected chi connectivity index (χ4v) is 2.66. The molecular formula is C16H20N4O. The highest BCUT2D eigenvalue weighted by atomic mass is 16.5. The van der Waals surface area contributed by atoms with Gasteiger partial charge in [0.05, 0.1) is 24.1 Å². The first-order valence-electron chi connectivity index (χ1n) is 7.34. The van der Waals surface area contributed by atoms with Gasteiger partial charge in [0.1, 0.15) is 17.7 Å². The molecule has 0 amide bonds. The van der Waals surface area contributed by atoms with E-state index in [1.54, 1.807) is 12.4 Å². The molecule has 1 aliphatic heterocycles. The number of nitrogens with zero attached hydrogens (tertiary/aromatic N) is 4. The third-order valence-corrected chi connectivity index (χ3v) is 3.67. The van der Waals surface area contributed by atoms with Crippen LogP contribution in [-0.4, -0.2) is 34.1 Å². The van der Waals surface area contributed by atoms with Crippen LogP contribution in [0.1, 0.15) is 24.2 Å². The van der Waals surface area contributed by atoms with Gasteiger partial charge in [-0.25, -0.2) is 4.98 Å². The molecule has 21 heavy (non-hydrogen) atoms. The zero-order chi connectivity index (χ0) is 14.7. The summed E-state index contributed by atoms with van der Waals surface area (Å²) in [6.07, 6.45) is 7.66. The van der Waals surface area contributed by atoms with Gasteiger partial charge in [-0.05, 0) is 38.8 Å². The molecular weight excluding hydrogens is 264 g/mol. The number of hydrogen-bond donors (Lipinski definition) is 0. The van der Waals surface area contributed by atoms with Crippen LogP contribution < -0.4 is 9.64 Å². The fraction of sp³-hybridized carbons (Fsp3) is 0.438. The number of pyridine rings is 1. The van der Waals surface area contributed by atoms with Gasteiger partial charge in [-0.15, -0.1) is 0 Å². The van der Waals surface area contributed by atoms with E-state index < -0.39 is 0 Å². The topological polar surface area (TPSA) is 51.1 Å². The van der Waals surface area contributed by atoms with Gasteiger partial charge < -0.3 is 9.64 Å². The number of aryl methyl sites for hydroxylation is 2. The van der Waals surface area contributed by atoms with Crippen molar-refractivity contribution in [3.63, 3.8) is 0 Å². The largest absolute Gasteiger partial charge is 0.487 e. The number of rotatable bonds is 3. The maximum atomic E-state index is 6.02. The van der Waals surface area contributed by atoms with Crippen molar-refractivity contribution in [1.82, 2.24) is 15.0 Å².